The first-order valence-corrected chi connectivity index (χ1v) is 11.2. The van der Waals surface area contributed by atoms with Gasteiger partial charge < -0.3 is 14.6 Å². The van der Waals surface area contributed by atoms with Crippen molar-refractivity contribution in [2.24, 2.45) is 0 Å². The van der Waals surface area contributed by atoms with Crippen LogP contribution in [0.1, 0.15) is 34.6 Å². The monoisotopic (exact) mass is 447 g/mol. The van der Waals surface area contributed by atoms with Gasteiger partial charge in [0.05, 0.1) is 24.2 Å². The van der Waals surface area contributed by atoms with Crippen LogP contribution in [0.4, 0.5) is 0 Å². The highest BCUT2D eigenvalue weighted by molar-refractivity contribution is 6.30. The molecule has 6 heteroatoms. The van der Waals surface area contributed by atoms with Gasteiger partial charge in [0.15, 0.2) is 0 Å². The number of amides is 1. The van der Waals surface area contributed by atoms with Crippen LogP contribution in [0, 0.1) is 6.92 Å². The van der Waals surface area contributed by atoms with Crippen molar-refractivity contribution >= 4 is 28.5 Å². The SMILES string of the molecule is Cc1ccccc1OCCCCn1c(CNC(=O)c2ccc(Cl)cc2)nc2ccccc21. The highest BCUT2D eigenvalue weighted by atomic mass is 35.5. The van der Waals surface area contributed by atoms with Gasteiger partial charge in [-0.05, 0) is 67.8 Å². The van der Waals surface area contributed by atoms with Crippen LogP contribution < -0.4 is 10.1 Å². The van der Waals surface area contributed by atoms with Crippen molar-refractivity contribution in [3.63, 3.8) is 0 Å². The van der Waals surface area contributed by atoms with E-state index in [0.29, 0.717) is 23.7 Å². The van der Waals surface area contributed by atoms with Crippen LogP contribution in [-0.2, 0) is 13.1 Å². The highest BCUT2D eigenvalue weighted by Gasteiger charge is 2.12. The van der Waals surface area contributed by atoms with E-state index in [-0.39, 0.29) is 5.91 Å². The Hall–Kier alpha value is -3.31. The maximum atomic E-state index is 12.5. The predicted octanol–water partition coefficient (Wildman–Crippen LogP) is 5.79. The molecule has 0 aliphatic rings. The Morgan fingerprint density at radius 3 is 2.56 bits per heavy atom. The van der Waals surface area contributed by atoms with Gasteiger partial charge in [0.1, 0.15) is 11.6 Å². The molecule has 1 heterocycles. The third-order valence-corrected chi connectivity index (χ3v) is 5.63. The summed E-state index contributed by atoms with van der Waals surface area (Å²) in [5, 5.41) is 3.58. The second-order valence-electron chi connectivity index (χ2n) is 7.68. The summed E-state index contributed by atoms with van der Waals surface area (Å²) in [7, 11) is 0. The molecular formula is C26H26ClN3O2. The number of halogens is 1. The van der Waals surface area contributed by atoms with E-state index in [0.717, 1.165) is 47.6 Å². The fourth-order valence-corrected chi connectivity index (χ4v) is 3.77. The minimum absolute atomic E-state index is 0.146. The number of imidazole rings is 1. The van der Waals surface area contributed by atoms with Gasteiger partial charge in [-0.1, -0.05) is 41.9 Å². The Balaban J connectivity index is 1.38. The Kier molecular flexibility index (Phi) is 7.07. The molecule has 0 atom stereocenters. The fraction of sp³-hybridized carbons (Fsp3) is 0.231. The zero-order chi connectivity index (χ0) is 22.3. The Bertz CT molecular complexity index is 1200. The summed E-state index contributed by atoms with van der Waals surface area (Å²) in [6.07, 6.45) is 1.88. The van der Waals surface area contributed by atoms with E-state index in [1.807, 2.05) is 36.4 Å². The van der Waals surface area contributed by atoms with Crippen molar-refractivity contribution in [2.75, 3.05) is 6.61 Å². The van der Waals surface area contributed by atoms with E-state index in [1.54, 1.807) is 24.3 Å². The maximum absolute atomic E-state index is 12.5. The summed E-state index contributed by atoms with van der Waals surface area (Å²) in [5.74, 6) is 1.63. The second kappa shape index (κ2) is 10.3. The summed E-state index contributed by atoms with van der Waals surface area (Å²) in [6, 6.07) is 23.0. The number of carbonyl (C=O) groups excluding carboxylic acids is 1. The van der Waals surface area contributed by atoms with E-state index in [4.69, 9.17) is 21.3 Å². The molecule has 4 rings (SSSR count). The van der Waals surface area contributed by atoms with E-state index in [1.165, 1.54) is 0 Å². The summed E-state index contributed by atoms with van der Waals surface area (Å²) in [5.41, 5.74) is 3.72. The molecule has 1 N–H and O–H groups in total. The molecule has 0 saturated heterocycles. The van der Waals surface area contributed by atoms with Crippen LogP contribution in [0.15, 0.2) is 72.8 Å². The number of aryl methyl sites for hydroxylation is 2. The molecule has 0 unspecified atom stereocenters. The average Bonchev–Trinajstić information content (AvgIpc) is 3.16. The second-order valence-corrected chi connectivity index (χ2v) is 8.12. The van der Waals surface area contributed by atoms with Crippen molar-refractivity contribution in [2.45, 2.75) is 32.9 Å². The van der Waals surface area contributed by atoms with Crippen molar-refractivity contribution in [3.8, 4) is 5.75 Å². The number of benzene rings is 3. The van der Waals surface area contributed by atoms with Gasteiger partial charge in [0, 0.05) is 17.1 Å². The quantitative estimate of drug-likeness (QED) is 0.330. The number of unbranched alkanes of at least 4 members (excludes halogenated alkanes) is 1. The van der Waals surface area contributed by atoms with Crippen LogP contribution in [0.25, 0.3) is 11.0 Å². The topological polar surface area (TPSA) is 56.1 Å². The first kappa shape index (κ1) is 21.9. The molecule has 0 aliphatic carbocycles. The Morgan fingerprint density at radius 2 is 1.75 bits per heavy atom. The normalized spacial score (nSPS) is 10.9. The van der Waals surface area contributed by atoms with Gasteiger partial charge in [-0.3, -0.25) is 4.79 Å². The van der Waals surface area contributed by atoms with Crippen LogP contribution in [0.3, 0.4) is 0 Å². The number of nitrogens with one attached hydrogen (secondary N) is 1. The van der Waals surface area contributed by atoms with Crippen molar-refractivity contribution in [3.05, 3.63) is 94.8 Å². The van der Waals surface area contributed by atoms with Gasteiger partial charge in [0.2, 0.25) is 0 Å². The van der Waals surface area contributed by atoms with Crippen molar-refractivity contribution in [1.82, 2.24) is 14.9 Å². The molecule has 0 saturated carbocycles. The number of para-hydroxylation sites is 3. The molecule has 0 fully saturated rings. The Labute approximate surface area is 193 Å². The predicted molar refractivity (Wildman–Crippen MR) is 128 cm³/mol. The maximum Gasteiger partial charge on any atom is 0.251 e. The fourth-order valence-electron chi connectivity index (χ4n) is 3.64. The first-order valence-electron chi connectivity index (χ1n) is 10.8. The summed E-state index contributed by atoms with van der Waals surface area (Å²) in [6.45, 7) is 3.89. The minimum atomic E-state index is -0.146. The molecule has 4 aromatic rings. The number of hydrogen-bond acceptors (Lipinski definition) is 3. The number of nitrogens with zero attached hydrogens (tertiary/aromatic N) is 2. The molecule has 1 aromatic heterocycles. The lowest BCUT2D eigenvalue weighted by molar-refractivity contribution is 0.0949. The molecular weight excluding hydrogens is 422 g/mol. The van der Waals surface area contributed by atoms with Crippen molar-refractivity contribution in [1.29, 1.82) is 0 Å². The zero-order valence-electron chi connectivity index (χ0n) is 18.1. The molecule has 3 aromatic carbocycles. The summed E-state index contributed by atoms with van der Waals surface area (Å²) < 4.78 is 8.10. The number of rotatable bonds is 9. The molecule has 164 valence electrons. The Morgan fingerprint density at radius 1 is 1.00 bits per heavy atom. The molecule has 0 aliphatic heterocycles. The lowest BCUT2D eigenvalue weighted by atomic mass is 10.2. The lowest BCUT2D eigenvalue weighted by Gasteiger charge is -2.12. The van der Waals surface area contributed by atoms with E-state index >= 15 is 0 Å². The van der Waals surface area contributed by atoms with E-state index < -0.39 is 0 Å². The molecule has 32 heavy (non-hydrogen) atoms. The number of carbonyl (C=O) groups is 1. The number of aromatic nitrogens is 2. The van der Waals surface area contributed by atoms with Crippen LogP contribution in [-0.4, -0.2) is 22.1 Å². The number of hydrogen-bond donors (Lipinski definition) is 1. The van der Waals surface area contributed by atoms with Gasteiger partial charge >= 0.3 is 0 Å². The standard InChI is InChI=1S/C26H26ClN3O2/c1-19-8-2-5-11-24(19)32-17-7-6-16-30-23-10-4-3-9-22(23)29-25(30)18-28-26(31)20-12-14-21(27)15-13-20/h2-5,8-15H,6-7,16-18H2,1H3,(H,28,31). The van der Waals surface area contributed by atoms with Gasteiger partial charge in [-0.25, -0.2) is 4.98 Å². The van der Waals surface area contributed by atoms with Crippen LogP contribution in [0.2, 0.25) is 5.02 Å². The molecule has 5 nitrogen and oxygen atoms in total. The largest absolute Gasteiger partial charge is 0.493 e. The van der Waals surface area contributed by atoms with E-state index in [9.17, 15) is 4.79 Å². The molecule has 0 spiro atoms. The molecule has 1 amide bonds. The summed E-state index contributed by atoms with van der Waals surface area (Å²) in [4.78, 5) is 17.3. The minimum Gasteiger partial charge on any atom is -0.493 e. The summed E-state index contributed by atoms with van der Waals surface area (Å²) >= 11 is 5.91. The van der Waals surface area contributed by atoms with Gasteiger partial charge in [-0.2, -0.15) is 0 Å². The molecule has 0 radical (unpaired) electrons. The average molecular weight is 448 g/mol. The number of ether oxygens (including phenoxy) is 1. The highest BCUT2D eigenvalue weighted by Crippen LogP contribution is 2.19. The van der Waals surface area contributed by atoms with Gasteiger partial charge in [0.25, 0.3) is 5.91 Å². The third-order valence-electron chi connectivity index (χ3n) is 5.37. The lowest BCUT2D eigenvalue weighted by Crippen LogP contribution is -2.24. The third kappa shape index (κ3) is 5.29. The van der Waals surface area contributed by atoms with Crippen LogP contribution >= 0.6 is 11.6 Å². The zero-order valence-corrected chi connectivity index (χ0v) is 18.8. The smallest absolute Gasteiger partial charge is 0.251 e. The van der Waals surface area contributed by atoms with E-state index in [2.05, 4.69) is 28.9 Å². The van der Waals surface area contributed by atoms with Crippen molar-refractivity contribution < 1.29 is 9.53 Å². The number of fused-ring (bicyclic) bond motifs is 1. The van der Waals surface area contributed by atoms with Crippen LogP contribution in [0.5, 0.6) is 5.75 Å². The first-order chi connectivity index (χ1) is 15.6. The van der Waals surface area contributed by atoms with Gasteiger partial charge in [-0.15, -0.1) is 0 Å². The molecule has 0 bridgehead atoms.